The number of hydrogen-bond donors (Lipinski definition) is 0. The van der Waals surface area contributed by atoms with Crippen molar-refractivity contribution >= 4 is 0 Å². The maximum absolute atomic E-state index is 5.02. The van der Waals surface area contributed by atoms with Gasteiger partial charge < -0.3 is 0 Å². The molecule has 1 atom stereocenters. The van der Waals surface area contributed by atoms with Gasteiger partial charge in [0, 0.05) is 42.6 Å². The van der Waals surface area contributed by atoms with Crippen LogP contribution >= 0.6 is 0 Å². The normalized spacial score (nSPS) is 17.0. The van der Waals surface area contributed by atoms with Crippen molar-refractivity contribution in [3.8, 4) is 11.3 Å². The van der Waals surface area contributed by atoms with Crippen LogP contribution in [0.2, 0.25) is 0 Å². The molecule has 28 heavy (non-hydrogen) atoms. The van der Waals surface area contributed by atoms with Crippen LogP contribution in [0, 0.1) is 6.92 Å². The quantitative estimate of drug-likeness (QED) is 0.589. The monoisotopic (exact) mass is 371 g/mol. The zero-order chi connectivity index (χ0) is 19.7. The highest BCUT2D eigenvalue weighted by Crippen LogP contribution is 2.34. The Balaban J connectivity index is 1.76. The van der Waals surface area contributed by atoms with Crippen molar-refractivity contribution < 1.29 is 0 Å². The molecule has 3 heteroatoms. The second-order valence-electron chi connectivity index (χ2n) is 8.37. The number of hydrogen-bond acceptors (Lipinski definition) is 3. The Bertz CT molecular complexity index is 946. The minimum atomic E-state index is 0.323. The van der Waals surface area contributed by atoms with E-state index >= 15 is 0 Å². The molecule has 1 aliphatic rings. The lowest BCUT2D eigenvalue weighted by Gasteiger charge is -2.34. The van der Waals surface area contributed by atoms with Gasteiger partial charge in [-0.2, -0.15) is 0 Å². The number of aryl methyl sites for hydroxylation is 1. The average molecular weight is 372 g/mol. The van der Waals surface area contributed by atoms with Crippen LogP contribution in [0.25, 0.3) is 11.3 Å². The smallest absolute Gasteiger partial charge is 0.131 e. The van der Waals surface area contributed by atoms with Crippen molar-refractivity contribution in [2.45, 2.75) is 52.6 Å². The maximum atomic E-state index is 5.02. The molecule has 1 aromatic heterocycles. The van der Waals surface area contributed by atoms with Crippen molar-refractivity contribution in [1.82, 2.24) is 14.9 Å². The van der Waals surface area contributed by atoms with Crippen molar-refractivity contribution in [3.05, 3.63) is 82.8 Å². The summed E-state index contributed by atoms with van der Waals surface area (Å²) in [4.78, 5) is 12.6. The summed E-state index contributed by atoms with van der Waals surface area (Å²) in [7, 11) is 0. The fourth-order valence-electron chi connectivity index (χ4n) is 4.02. The molecule has 0 bridgehead atoms. The van der Waals surface area contributed by atoms with Gasteiger partial charge in [-0.1, -0.05) is 80.9 Å². The van der Waals surface area contributed by atoms with Crippen LogP contribution in [-0.2, 0) is 13.1 Å². The molecule has 4 rings (SSSR count). The van der Waals surface area contributed by atoms with Crippen molar-refractivity contribution in [2.24, 2.45) is 0 Å². The van der Waals surface area contributed by atoms with Crippen molar-refractivity contribution in [1.29, 1.82) is 0 Å². The predicted octanol–water partition coefficient (Wildman–Crippen LogP) is 5.69. The van der Waals surface area contributed by atoms with Crippen LogP contribution in [0.3, 0.4) is 0 Å². The van der Waals surface area contributed by atoms with Gasteiger partial charge in [0.25, 0.3) is 0 Å². The van der Waals surface area contributed by atoms with Gasteiger partial charge in [0.1, 0.15) is 5.82 Å². The van der Waals surface area contributed by atoms with E-state index in [1.54, 1.807) is 0 Å². The predicted molar refractivity (Wildman–Crippen MR) is 115 cm³/mol. The number of benzene rings is 2. The first-order chi connectivity index (χ1) is 13.5. The van der Waals surface area contributed by atoms with Crippen LogP contribution in [0.4, 0.5) is 0 Å². The molecular weight excluding hydrogens is 342 g/mol. The first-order valence-corrected chi connectivity index (χ1v) is 10.2. The van der Waals surface area contributed by atoms with Crippen LogP contribution in [0.15, 0.2) is 54.6 Å². The van der Waals surface area contributed by atoms with E-state index < -0.39 is 0 Å². The third-order valence-corrected chi connectivity index (χ3v) is 5.53. The Morgan fingerprint density at radius 1 is 1.00 bits per heavy atom. The molecule has 0 saturated heterocycles. The molecule has 2 aromatic carbocycles. The Morgan fingerprint density at radius 3 is 2.39 bits per heavy atom. The lowest BCUT2D eigenvalue weighted by molar-refractivity contribution is 0.223. The zero-order valence-corrected chi connectivity index (χ0v) is 17.3. The third-order valence-electron chi connectivity index (χ3n) is 5.53. The second-order valence-corrected chi connectivity index (χ2v) is 8.37. The summed E-state index contributed by atoms with van der Waals surface area (Å²) in [5.74, 6) is 1.68. The van der Waals surface area contributed by atoms with E-state index in [2.05, 4.69) is 87.2 Å². The summed E-state index contributed by atoms with van der Waals surface area (Å²) in [5.41, 5.74) is 7.46. The molecule has 0 fully saturated rings. The summed E-state index contributed by atoms with van der Waals surface area (Å²) in [5, 5.41) is 0. The molecule has 0 radical (unpaired) electrons. The van der Waals surface area contributed by atoms with E-state index in [1.807, 2.05) is 0 Å². The van der Waals surface area contributed by atoms with Gasteiger partial charge >= 0.3 is 0 Å². The average Bonchev–Trinajstić information content (AvgIpc) is 2.69. The third kappa shape index (κ3) is 3.85. The van der Waals surface area contributed by atoms with Gasteiger partial charge in [-0.15, -0.1) is 0 Å². The molecule has 0 amide bonds. The van der Waals surface area contributed by atoms with Crippen molar-refractivity contribution in [2.75, 3.05) is 6.54 Å². The van der Waals surface area contributed by atoms with E-state index in [0.717, 1.165) is 31.2 Å². The lowest BCUT2D eigenvalue weighted by Crippen LogP contribution is -2.34. The first-order valence-electron chi connectivity index (χ1n) is 10.2. The number of rotatable bonds is 4. The molecule has 1 aliphatic heterocycles. The molecule has 1 unspecified atom stereocenters. The Hall–Kier alpha value is -2.52. The lowest BCUT2D eigenvalue weighted by atomic mass is 9.92. The summed E-state index contributed by atoms with van der Waals surface area (Å²) in [6.45, 7) is 11.7. The van der Waals surface area contributed by atoms with Gasteiger partial charge in [-0.05, 0) is 12.5 Å². The fourth-order valence-corrected chi connectivity index (χ4v) is 4.02. The van der Waals surface area contributed by atoms with Gasteiger partial charge in [0.05, 0.1) is 11.4 Å². The van der Waals surface area contributed by atoms with E-state index in [1.165, 1.54) is 27.9 Å². The summed E-state index contributed by atoms with van der Waals surface area (Å²) in [6.07, 6.45) is 0. The minimum absolute atomic E-state index is 0.323. The second kappa shape index (κ2) is 7.84. The van der Waals surface area contributed by atoms with Gasteiger partial charge in [-0.25, -0.2) is 9.97 Å². The Kier molecular flexibility index (Phi) is 5.27. The molecule has 0 N–H and O–H groups in total. The molecule has 0 spiro atoms. The Labute approximate surface area is 168 Å². The van der Waals surface area contributed by atoms with Crippen LogP contribution in [0.5, 0.6) is 0 Å². The number of fused-ring (bicyclic) bond motifs is 1. The van der Waals surface area contributed by atoms with Gasteiger partial charge in [0.2, 0.25) is 0 Å². The summed E-state index contributed by atoms with van der Waals surface area (Å²) < 4.78 is 0. The highest BCUT2D eigenvalue weighted by Gasteiger charge is 2.28. The SMILES string of the molecule is Cc1ccc(-c2nc(C(C)C)nc3c2CN(Cc2ccccc2)CC3C)cc1. The molecule has 3 nitrogen and oxygen atoms in total. The molecule has 144 valence electrons. The van der Waals surface area contributed by atoms with E-state index in [-0.39, 0.29) is 0 Å². The summed E-state index contributed by atoms with van der Waals surface area (Å²) in [6, 6.07) is 19.5. The van der Waals surface area contributed by atoms with E-state index in [9.17, 15) is 0 Å². The zero-order valence-electron chi connectivity index (χ0n) is 17.3. The van der Waals surface area contributed by atoms with Crippen LogP contribution in [0.1, 0.15) is 60.8 Å². The fraction of sp³-hybridized carbons (Fsp3) is 0.360. The summed E-state index contributed by atoms with van der Waals surface area (Å²) >= 11 is 0. The van der Waals surface area contributed by atoms with Crippen LogP contribution < -0.4 is 0 Å². The Morgan fingerprint density at radius 2 is 1.71 bits per heavy atom. The standard InChI is InChI=1S/C25H29N3/c1-17(2)25-26-23-19(4)14-28(15-20-8-6-5-7-9-20)16-22(23)24(27-25)21-12-10-18(3)11-13-21/h5-13,17,19H,14-16H2,1-4H3. The minimum Gasteiger partial charge on any atom is -0.294 e. The number of nitrogens with zero attached hydrogens (tertiary/aromatic N) is 3. The maximum Gasteiger partial charge on any atom is 0.131 e. The first kappa shape index (κ1) is 18.8. The molecule has 0 saturated carbocycles. The largest absolute Gasteiger partial charge is 0.294 e. The van der Waals surface area contributed by atoms with Crippen LogP contribution in [-0.4, -0.2) is 21.4 Å². The van der Waals surface area contributed by atoms with Gasteiger partial charge in [0.15, 0.2) is 0 Å². The highest BCUT2D eigenvalue weighted by atomic mass is 15.1. The number of aromatic nitrogens is 2. The van der Waals surface area contributed by atoms with E-state index in [4.69, 9.17) is 9.97 Å². The molecule has 0 aliphatic carbocycles. The highest BCUT2D eigenvalue weighted by molar-refractivity contribution is 5.65. The molecule has 3 aromatic rings. The van der Waals surface area contributed by atoms with E-state index in [0.29, 0.717) is 11.8 Å². The molecular formula is C25H29N3. The van der Waals surface area contributed by atoms with Crippen molar-refractivity contribution in [3.63, 3.8) is 0 Å². The van der Waals surface area contributed by atoms with Gasteiger partial charge in [-0.3, -0.25) is 4.90 Å². The molecule has 2 heterocycles. The topological polar surface area (TPSA) is 29.0 Å².